The fraction of sp³-hybridized carbons (Fsp3) is 0.400. The fourth-order valence-corrected chi connectivity index (χ4v) is 3.66. The maximum Gasteiger partial charge on any atom is 0.156 e. The molecular formula is C20H24N4O. The van der Waals surface area contributed by atoms with Crippen molar-refractivity contribution in [2.75, 3.05) is 25.1 Å². The van der Waals surface area contributed by atoms with E-state index >= 15 is 0 Å². The quantitative estimate of drug-likeness (QED) is 0.777. The van der Waals surface area contributed by atoms with Crippen LogP contribution in [0.5, 0.6) is 5.75 Å². The van der Waals surface area contributed by atoms with Crippen molar-refractivity contribution in [1.82, 2.24) is 15.0 Å². The smallest absolute Gasteiger partial charge is 0.156 e. The number of benzene rings is 1. The van der Waals surface area contributed by atoms with Crippen LogP contribution in [0.2, 0.25) is 0 Å². The van der Waals surface area contributed by atoms with Gasteiger partial charge in [0.15, 0.2) is 5.82 Å². The van der Waals surface area contributed by atoms with Gasteiger partial charge in [-0.3, -0.25) is 0 Å². The van der Waals surface area contributed by atoms with E-state index in [9.17, 15) is 0 Å². The molecule has 0 spiro atoms. The highest BCUT2D eigenvalue weighted by atomic mass is 16.5. The van der Waals surface area contributed by atoms with Gasteiger partial charge in [0.05, 0.1) is 18.3 Å². The van der Waals surface area contributed by atoms with Crippen LogP contribution in [0.25, 0.3) is 22.3 Å². The first-order chi connectivity index (χ1) is 12.2. The number of nitrogens with zero attached hydrogens (tertiary/aromatic N) is 3. The number of H-pyrrole nitrogens is 1. The van der Waals surface area contributed by atoms with E-state index in [-0.39, 0.29) is 0 Å². The molecule has 3 heterocycles. The monoisotopic (exact) mass is 336 g/mol. The van der Waals surface area contributed by atoms with Gasteiger partial charge in [-0.1, -0.05) is 0 Å². The van der Waals surface area contributed by atoms with Crippen molar-refractivity contribution in [2.24, 2.45) is 0 Å². The first-order valence-electron chi connectivity index (χ1n) is 8.93. The van der Waals surface area contributed by atoms with E-state index in [1.807, 2.05) is 19.1 Å². The van der Waals surface area contributed by atoms with Crippen LogP contribution < -0.4 is 9.64 Å². The number of hydrogen-bond donors (Lipinski definition) is 1. The Morgan fingerprint density at radius 3 is 2.40 bits per heavy atom. The third-order valence-corrected chi connectivity index (χ3v) is 5.02. The molecule has 2 aromatic heterocycles. The number of aryl methyl sites for hydroxylation is 2. The zero-order valence-corrected chi connectivity index (χ0v) is 15.1. The molecular weight excluding hydrogens is 312 g/mol. The van der Waals surface area contributed by atoms with Gasteiger partial charge in [-0.15, -0.1) is 0 Å². The topological polar surface area (TPSA) is 54.0 Å². The lowest BCUT2D eigenvalue weighted by Crippen LogP contribution is -2.30. The zero-order valence-electron chi connectivity index (χ0n) is 15.1. The predicted molar refractivity (Wildman–Crippen MR) is 101 cm³/mol. The minimum atomic E-state index is 0.830. The predicted octanol–water partition coefficient (Wildman–Crippen LogP) is 4.24. The highest BCUT2D eigenvalue weighted by Crippen LogP contribution is 2.34. The van der Waals surface area contributed by atoms with E-state index in [1.165, 1.54) is 24.8 Å². The Bertz CT molecular complexity index is 892. The highest BCUT2D eigenvalue weighted by Gasteiger charge is 2.20. The molecule has 1 saturated heterocycles. The van der Waals surface area contributed by atoms with Crippen molar-refractivity contribution < 1.29 is 4.74 Å². The summed E-state index contributed by atoms with van der Waals surface area (Å²) in [6.07, 6.45) is 3.77. The second-order valence-corrected chi connectivity index (χ2v) is 6.72. The maximum atomic E-state index is 5.27. The van der Waals surface area contributed by atoms with Gasteiger partial charge in [0, 0.05) is 18.7 Å². The van der Waals surface area contributed by atoms with Crippen LogP contribution in [-0.2, 0) is 0 Å². The third-order valence-electron chi connectivity index (χ3n) is 5.02. The van der Waals surface area contributed by atoms with Crippen molar-refractivity contribution in [1.29, 1.82) is 0 Å². The Kier molecular flexibility index (Phi) is 4.07. The Morgan fingerprint density at radius 1 is 1.00 bits per heavy atom. The zero-order chi connectivity index (χ0) is 17.4. The number of aromatic nitrogens is 3. The Balaban J connectivity index is 1.85. The molecule has 0 aliphatic carbocycles. The number of rotatable bonds is 3. The molecule has 1 aliphatic rings. The number of fused-ring (bicyclic) bond motifs is 1. The normalized spacial score (nSPS) is 14.9. The SMILES string of the molecule is COc1ccc(-c2[nH]c3c(N4CCCCC4)nc(C)nc3c2C)cc1. The molecule has 4 rings (SSSR count). The van der Waals surface area contributed by atoms with Crippen molar-refractivity contribution >= 4 is 16.9 Å². The van der Waals surface area contributed by atoms with Crippen molar-refractivity contribution in [3.8, 4) is 17.0 Å². The summed E-state index contributed by atoms with van der Waals surface area (Å²) in [4.78, 5) is 15.5. The van der Waals surface area contributed by atoms with Crippen molar-refractivity contribution in [2.45, 2.75) is 33.1 Å². The molecule has 0 saturated carbocycles. The summed E-state index contributed by atoms with van der Waals surface area (Å²) in [6.45, 7) is 6.25. The lowest BCUT2D eigenvalue weighted by Gasteiger charge is -2.28. The highest BCUT2D eigenvalue weighted by molar-refractivity contribution is 5.94. The second kappa shape index (κ2) is 6.39. The van der Waals surface area contributed by atoms with E-state index in [4.69, 9.17) is 14.7 Å². The van der Waals surface area contributed by atoms with Gasteiger partial charge in [0.25, 0.3) is 0 Å². The van der Waals surface area contributed by atoms with Gasteiger partial charge in [0.1, 0.15) is 17.1 Å². The average Bonchev–Trinajstić information content (AvgIpc) is 2.98. The molecule has 0 atom stereocenters. The Hall–Kier alpha value is -2.56. The maximum absolute atomic E-state index is 5.27. The minimum Gasteiger partial charge on any atom is -0.497 e. The number of ether oxygens (including phenoxy) is 1. The third kappa shape index (κ3) is 2.84. The molecule has 5 heteroatoms. The summed E-state index contributed by atoms with van der Waals surface area (Å²) in [7, 11) is 1.69. The molecule has 1 N–H and O–H groups in total. The van der Waals surface area contributed by atoms with Gasteiger partial charge < -0.3 is 14.6 Å². The van der Waals surface area contributed by atoms with E-state index in [1.54, 1.807) is 7.11 Å². The molecule has 0 bridgehead atoms. The molecule has 1 aromatic carbocycles. The molecule has 0 radical (unpaired) electrons. The van der Waals surface area contributed by atoms with E-state index < -0.39 is 0 Å². The van der Waals surface area contributed by atoms with Crippen LogP contribution in [-0.4, -0.2) is 35.2 Å². The summed E-state index contributed by atoms with van der Waals surface area (Å²) in [6, 6.07) is 8.14. The van der Waals surface area contributed by atoms with Crippen LogP contribution >= 0.6 is 0 Å². The molecule has 1 aliphatic heterocycles. The molecule has 25 heavy (non-hydrogen) atoms. The molecule has 5 nitrogen and oxygen atoms in total. The second-order valence-electron chi connectivity index (χ2n) is 6.72. The van der Waals surface area contributed by atoms with Gasteiger partial charge >= 0.3 is 0 Å². The average molecular weight is 336 g/mol. The fourth-order valence-electron chi connectivity index (χ4n) is 3.66. The summed E-state index contributed by atoms with van der Waals surface area (Å²) in [5.74, 6) is 2.74. The van der Waals surface area contributed by atoms with Crippen LogP contribution in [0.3, 0.4) is 0 Å². The molecule has 130 valence electrons. The molecule has 1 fully saturated rings. The summed E-state index contributed by atoms with van der Waals surface area (Å²) >= 11 is 0. The number of piperidine rings is 1. The number of anilines is 1. The number of aromatic amines is 1. The summed E-state index contributed by atoms with van der Waals surface area (Å²) in [5, 5.41) is 0. The Morgan fingerprint density at radius 2 is 1.72 bits per heavy atom. The summed E-state index contributed by atoms with van der Waals surface area (Å²) in [5.41, 5.74) is 5.49. The number of nitrogens with one attached hydrogen (secondary N) is 1. The first-order valence-corrected chi connectivity index (χ1v) is 8.93. The van der Waals surface area contributed by atoms with E-state index in [0.717, 1.165) is 52.8 Å². The Labute approximate surface area is 148 Å². The molecule has 0 unspecified atom stereocenters. The largest absolute Gasteiger partial charge is 0.497 e. The lowest BCUT2D eigenvalue weighted by molar-refractivity contribution is 0.415. The summed E-state index contributed by atoms with van der Waals surface area (Å²) < 4.78 is 5.27. The van der Waals surface area contributed by atoms with Crippen LogP contribution in [0, 0.1) is 13.8 Å². The van der Waals surface area contributed by atoms with Gasteiger partial charge in [-0.2, -0.15) is 0 Å². The van der Waals surface area contributed by atoms with Gasteiger partial charge in [-0.25, -0.2) is 9.97 Å². The van der Waals surface area contributed by atoms with Gasteiger partial charge in [0.2, 0.25) is 0 Å². The van der Waals surface area contributed by atoms with Gasteiger partial charge in [-0.05, 0) is 62.9 Å². The number of hydrogen-bond acceptors (Lipinski definition) is 4. The lowest BCUT2D eigenvalue weighted by atomic mass is 10.1. The molecule has 0 amide bonds. The van der Waals surface area contributed by atoms with Crippen LogP contribution in [0.1, 0.15) is 30.7 Å². The van der Waals surface area contributed by atoms with E-state index in [0.29, 0.717) is 0 Å². The minimum absolute atomic E-state index is 0.830. The first kappa shape index (κ1) is 15.9. The standard InChI is InChI=1S/C20H24N4O/c1-13-17(15-7-9-16(25-3)10-8-15)23-19-18(13)21-14(2)22-20(19)24-11-5-4-6-12-24/h7-10,23H,4-6,11-12H2,1-3H3. The van der Waals surface area contributed by atoms with Crippen LogP contribution in [0.4, 0.5) is 5.82 Å². The molecule has 3 aromatic rings. The number of methoxy groups -OCH3 is 1. The van der Waals surface area contributed by atoms with Crippen LogP contribution in [0.15, 0.2) is 24.3 Å². The van der Waals surface area contributed by atoms with Crippen molar-refractivity contribution in [3.63, 3.8) is 0 Å². The van der Waals surface area contributed by atoms with E-state index in [2.05, 4.69) is 28.9 Å². The van der Waals surface area contributed by atoms with Crippen molar-refractivity contribution in [3.05, 3.63) is 35.7 Å².